The van der Waals surface area contributed by atoms with E-state index in [0.717, 1.165) is 17.0 Å². The van der Waals surface area contributed by atoms with Gasteiger partial charge in [-0.1, -0.05) is 5.16 Å². The zero-order valence-electron chi connectivity index (χ0n) is 18.2. The number of piperazine rings is 1. The van der Waals surface area contributed by atoms with Gasteiger partial charge < -0.3 is 14.2 Å². The minimum Gasteiger partial charge on any atom is -0.372 e. The monoisotopic (exact) mass is 472 g/mol. The molecule has 0 N–H and O–H groups in total. The Kier molecular flexibility index (Phi) is 8.55. The van der Waals surface area contributed by atoms with Crippen LogP contribution in [-0.2, 0) is 10.5 Å². The van der Waals surface area contributed by atoms with E-state index in [4.69, 9.17) is 4.52 Å². The predicted octanol–water partition coefficient (Wildman–Crippen LogP) is 3.71. The molecule has 32 heavy (non-hydrogen) atoms. The van der Waals surface area contributed by atoms with Gasteiger partial charge in [-0.15, -0.1) is 11.8 Å². The first kappa shape index (κ1) is 24.5. The Morgan fingerprint density at radius 2 is 2.00 bits per heavy atom. The topological polar surface area (TPSA) is 71.7 Å². The van der Waals surface area contributed by atoms with Crippen molar-refractivity contribution in [1.29, 1.82) is 0 Å². The van der Waals surface area contributed by atoms with Gasteiger partial charge in [0.1, 0.15) is 17.4 Å². The number of pyridine rings is 1. The molecule has 2 aromatic rings. The van der Waals surface area contributed by atoms with E-state index < -0.39 is 12.8 Å². The van der Waals surface area contributed by atoms with Crippen molar-refractivity contribution in [2.24, 2.45) is 0 Å². The number of thioether (sulfide) groups is 1. The summed E-state index contributed by atoms with van der Waals surface area (Å²) in [5.41, 5.74) is 2.41. The summed E-state index contributed by atoms with van der Waals surface area (Å²) in [6.45, 7) is 5.72. The zero-order chi connectivity index (χ0) is 23.1. The van der Waals surface area contributed by atoms with E-state index in [1.165, 1.54) is 11.8 Å². The van der Waals surface area contributed by atoms with E-state index in [2.05, 4.69) is 19.8 Å². The fourth-order valence-electron chi connectivity index (χ4n) is 3.44. The molecule has 0 unspecified atom stereocenters. The molecule has 3 heterocycles. The van der Waals surface area contributed by atoms with Gasteiger partial charge in [0.2, 0.25) is 0 Å². The van der Waals surface area contributed by atoms with Gasteiger partial charge >= 0.3 is 6.18 Å². The predicted molar refractivity (Wildman–Crippen MR) is 114 cm³/mol. The SMILES string of the molecule is Cc1noc(C)c1CSc1ncccc1C(=O)N1CCN(CCCOCC(F)(F)F)CC1. The highest BCUT2D eigenvalue weighted by atomic mass is 32.2. The van der Waals surface area contributed by atoms with E-state index in [1.807, 2.05) is 13.8 Å². The maximum absolute atomic E-state index is 13.1. The van der Waals surface area contributed by atoms with Crippen LogP contribution in [0.25, 0.3) is 0 Å². The highest BCUT2D eigenvalue weighted by Gasteiger charge is 2.27. The van der Waals surface area contributed by atoms with E-state index in [9.17, 15) is 18.0 Å². The average molecular weight is 473 g/mol. The van der Waals surface area contributed by atoms with Crippen LogP contribution in [0.15, 0.2) is 27.9 Å². The summed E-state index contributed by atoms with van der Waals surface area (Å²) in [5.74, 6) is 1.31. The van der Waals surface area contributed by atoms with Crippen molar-refractivity contribution in [1.82, 2.24) is 19.9 Å². The van der Waals surface area contributed by atoms with Gasteiger partial charge in [0.05, 0.1) is 11.3 Å². The molecule has 3 rings (SSSR count). The van der Waals surface area contributed by atoms with E-state index >= 15 is 0 Å². The molecular formula is C21H27F3N4O3S. The number of halogens is 3. The summed E-state index contributed by atoms with van der Waals surface area (Å²) in [5, 5.41) is 4.63. The first-order valence-electron chi connectivity index (χ1n) is 10.4. The summed E-state index contributed by atoms with van der Waals surface area (Å²) >= 11 is 1.48. The molecule has 0 atom stereocenters. The lowest BCUT2D eigenvalue weighted by molar-refractivity contribution is -0.174. The number of ether oxygens (including phenoxy) is 1. The Labute approximate surface area is 189 Å². The molecule has 2 aromatic heterocycles. The van der Waals surface area contributed by atoms with Crippen LogP contribution < -0.4 is 0 Å². The Morgan fingerprint density at radius 3 is 2.66 bits per heavy atom. The van der Waals surface area contributed by atoms with Crippen molar-refractivity contribution in [2.45, 2.75) is 37.2 Å². The summed E-state index contributed by atoms with van der Waals surface area (Å²) in [7, 11) is 0. The highest BCUT2D eigenvalue weighted by Crippen LogP contribution is 2.28. The van der Waals surface area contributed by atoms with Gasteiger partial charge in [-0.05, 0) is 32.4 Å². The summed E-state index contributed by atoms with van der Waals surface area (Å²) in [6.07, 6.45) is -2.09. The first-order chi connectivity index (χ1) is 15.2. The third-order valence-electron chi connectivity index (χ3n) is 5.22. The van der Waals surface area contributed by atoms with Crippen LogP contribution >= 0.6 is 11.8 Å². The average Bonchev–Trinajstić information content (AvgIpc) is 3.08. The Hall–Kier alpha value is -2.11. The molecule has 176 valence electrons. The molecule has 1 aliphatic rings. The lowest BCUT2D eigenvalue weighted by Crippen LogP contribution is -2.49. The van der Waals surface area contributed by atoms with Crippen LogP contribution in [0.1, 0.15) is 33.8 Å². The number of amides is 1. The number of alkyl halides is 3. The largest absolute Gasteiger partial charge is 0.411 e. The molecule has 0 aromatic carbocycles. The molecular weight excluding hydrogens is 445 g/mol. The Morgan fingerprint density at radius 1 is 1.25 bits per heavy atom. The molecule has 0 bridgehead atoms. The van der Waals surface area contributed by atoms with Crippen LogP contribution in [0.4, 0.5) is 13.2 Å². The standard InChI is InChI=1S/C21H27F3N4O3S/c1-15-18(16(2)31-26-15)13-32-19-17(5-3-6-25-19)20(29)28-10-8-27(9-11-28)7-4-12-30-14-21(22,23)24/h3,5-6H,4,7-14H2,1-2H3. The molecule has 1 amide bonds. The van der Waals surface area contributed by atoms with Crippen molar-refractivity contribution < 1.29 is 27.2 Å². The van der Waals surface area contributed by atoms with E-state index in [0.29, 0.717) is 55.5 Å². The van der Waals surface area contributed by atoms with Crippen molar-refractivity contribution >= 4 is 17.7 Å². The third kappa shape index (κ3) is 6.94. The zero-order valence-corrected chi connectivity index (χ0v) is 19.0. The van der Waals surface area contributed by atoms with Crippen molar-refractivity contribution in [2.75, 3.05) is 45.9 Å². The number of carbonyl (C=O) groups excluding carboxylic acids is 1. The maximum atomic E-state index is 13.1. The quantitative estimate of drug-likeness (QED) is 0.407. The minimum atomic E-state index is -4.29. The molecule has 0 radical (unpaired) electrons. The number of hydrogen-bond donors (Lipinski definition) is 0. The number of hydrogen-bond acceptors (Lipinski definition) is 7. The Bertz CT molecular complexity index is 879. The Balaban J connectivity index is 1.48. The molecule has 0 aliphatic carbocycles. The molecule has 1 aliphatic heterocycles. The fraction of sp³-hybridized carbons (Fsp3) is 0.571. The molecule has 0 saturated carbocycles. The molecule has 1 saturated heterocycles. The molecule has 0 spiro atoms. The highest BCUT2D eigenvalue weighted by molar-refractivity contribution is 7.98. The van der Waals surface area contributed by atoms with Gasteiger partial charge in [-0.2, -0.15) is 13.2 Å². The van der Waals surface area contributed by atoms with Crippen LogP contribution in [0.2, 0.25) is 0 Å². The maximum Gasteiger partial charge on any atom is 0.411 e. The number of nitrogens with zero attached hydrogens (tertiary/aromatic N) is 4. The lowest BCUT2D eigenvalue weighted by Gasteiger charge is -2.35. The number of carbonyl (C=O) groups is 1. The van der Waals surface area contributed by atoms with Crippen molar-refractivity contribution in [3.63, 3.8) is 0 Å². The van der Waals surface area contributed by atoms with Gasteiger partial charge in [0.15, 0.2) is 0 Å². The van der Waals surface area contributed by atoms with E-state index in [1.54, 1.807) is 23.2 Å². The van der Waals surface area contributed by atoms with Crippen LogP contribution in [0.5, 0.6) is 0 Å². The second-order valence-corrected chi connectivity index (χ2v) is 8.57. The first-order valence-corrected chi connectivity index (χ1v) is 11.4. The number of aryl methyl sites for hydroxylation is 2. The number of rotatable bonds is 9. The van der Waals surface area contributed by atoms with Gasteiger partial charge in [0.25, 0.3) is 5.91 Å². The van der Waals surface area contributed by atoms with Crippen LogP contribution in [0, 0.1) is 13.8 Å². The van der Waals surface area contributed by atoms with Gasteiger partial charge in [-0.3, -0.25) is 9.69 Å². The smallest absolute Gasteiger partial charge is 0.372 e. The van der Waals surface area contributed by atoms with E-state index in [-0.39, 0.29) is 12.5 Å². The molecule has 11 heteroatoms. The van der Waals surface area contributed by atoms with Crippen LogP contribution in [-0.4, -0.2) is 78.0 Å². The minimum absolute atomic E-state index is 0.0625. The van der Waals surface area contributed by atoms with Gasteiger partial charge in [-0.25, -0.2) is 4.98 Å². The van der Waals surface area contributed by atoms with Crippen molar-refractivity contribution in [3.05, 3.63) is 40.9 Å². The molecule has 7 nitrogen and oxygen atoms in total. The second-order valence-electron chi connectivity index (χ2n) is 7.60. The summed E-state index contributed by atoms with van der Waals surface area (Å²) < 4.78 is 46.1. The van der Waals surface area contributed by atoms with Crippen molar-refractivity contribution in [3.8, 4) is 0 Å². The summed E-state index contributed by atoms with van der Waals surface area (Å²) in [6, 6.07) is 3.54. The second kappa shape index (κ2) is 11.2. The van der Waals surface area contributed by atoms with Gasteiger partial charge in [0, 0.05) is 56.8 Å². The molecule has 1 fully saturated rings. The number of aromatic nitrogens is 2. The van der Waals surface area contributed by atoms with Crippen LogP contribution in [0.3, 0.4) is 0 Å². The normalized spacial score (nSPS) is 15.3. The summed E-state index contributed by atoms with van der Waals surface area (Å²) in [4.78, 5) is 21.5. The fourth-order valence-corrected chi connectivity index (χ4v) is 4.58. The third-order valence-corrected chi connectivity index (χ3v) is 6.26. The lowest BCUT2D eigenvalue weighted by atomic mass is 10.2.